The number of nitrogens with zero attached hydrogens (tertiary/aromatic N) is 4. The Kier molecular flexibility index (Phi) is 2.32. The van der Waals surface area contributed by atoms with Gasteiger partial charge in [-0.05, 0) is 13.8 Å². The molecule has 0 aliphatic heterocycles. The van der Waals surface area contributed by atoms with Gasteiger partial charge >= 0.3 is 0 Å². The molecule has 0 fully saturated rings. The zero-order valence-electron chi connectivity index (χ0n) is 8.40. The molecule has 2 aromatic heterocycles. The van der Waals surface area contributed by atoms with Crippen molar-refractivity contribution in [3.8, 4) is 5.82 Å². The summed E-state index contributed by atoms with van der Waals surface area (Å²) in [6, 6.07) is 0. The van der Waals surface area contributed by atoms with Gasteiger partial charge in [0.1, 0.15) is 11.3 Å². The highest BCUT2D eigenvalue weighted by atomic mass is 35.5. The van der Waals surface area contributed by atoms with Crippen molar-refractivity contribution in [1.29, 1.82) is 0 Å². The maximum atomic E-state index is 5.97. The normalized spacial score (nSPS) is 10.6. The van der Waals surface area contributed by atoms with E-state index in [-0.39, 0.29) is 0 Å². The van der Waals surface area contributed by atoms with Gasteiger partial charge in [0.05, 0.1) is 23.3 Å². The number of anilines is 1. The van der Waals surface area contributed by atoms with E-state index in [1.165, 1.54) is 12.5 Å². The lowest BCUT2D eigenvalue weighted by atomic mass is 10.3. The Bertz CT molecular complexity index is 505. The van der Waals surface area contributed by atoms with Gasteiger partial charge in [0.2, 0.25) is 0 Å². The predicted molar refractivity (Wildman–Crippen MR) is 58.1 cm³/mol. The lowest BCUT2D eigenvalue weighted by Crippen LogP contribution is -2.03. The van der Waals surface area contributed by atoms with E-state index < -0.39 is 0 Å². The third kappa shape index (κ3) is 1.55. The molecule has 2 rings (SSSR count). The number of aromatic nitrogens is 4. The van der Waals surface area contributed by atoms with Gasteiger partial charge in [0.25, 0.3) is 0 Å². The van der Waals surface area contributed by atoms with Crippen LogP contribution in [0, 0.1) is 13.8 Å². The summed E-state index contributed by atoms with van der Waals surface area (Å²) in [5.74, 6) is 0.545. The summed E-state index contributed by atoms with van der Waals surface area (Å²) in [5.41, 5.74) is 8.07. The Hall–Kier alpha value is -1.62. The number of hydrogen-bond donors (Lipinski definition) is 1. The molecular weight excluding hydrogens is 214 g/mol. The zero-order chi connectivity index (χ0) is 11.0. The summed E-state index contributed by atoms with van der Waals surface area (Å²) in [6.45, 7) is 3.71. The Balaban J connectivity index is 2.65. The van der Waals surface area contributed by atoms with E-state index in [4.69, 9.17) is 17.3 Å². The van der Waals surface area contributed by atoms with Crippen LogP contribution in [0.15, 0.2) is 12.5 Å². The first-order chi connectivity index (χ1) is 7.11. The number of halogens is 1. The van der Waals surface area contributed by atoms with E-state index in [1.54, 1.807) is 4.68 Å². The van der Waals surface area contributed by atoms with E-state index >= 15 is 0 Å². The second-order valence-electron chi connectivity index (χ2n) is 3.19. The van der Waals surface area contributed by atoms with Crippen LogP contribution < -0.4 is 5.73 Å². The first-order valence-corrected chi connectivity index (χ1v) is 4.76. The summed E-state index contributed by atoms with van der Waals surface area (Å²) in [4.78, 5) is 7.88. The second kappa shape index (κ2) is 3.51. The van der Waals surface area contributed by atoms with Crippen molar-refractivity contribution in [3.05, 3.63) is 28.9 Å². The average molecular weight is 224 g/mol. The highest BCUT2D eigenvalue weighted by Gasteiger charge is 2.12. The van der Waals surface area contributed by atoms with Crippen LogP contribution in [0.3, 0.4) is 0 Å². The zero-order valence-corrected chi connectivity index (χ0v) is 9.15. The molecule has 0 amide bonds. The average Bonchev–Trinajstić information content (AvgIpc) is 2.47. The molecule has 0 aliphatic rings. The van der Waals surface area contributed by atoms with E-state index in [9.17, 15) is 0 Å². The van der Waals surface area contributed by atoms with E-state index in [0.717, 1.165) is 11.4 Å². The van der Waals surface area contributed by atoms with E-state index in [1.807, 2.05) is 13.8 Å². The van der Waals surface area contributed by atoms with Crippen LogP contribution in [0.2, 0.25) is 5.02 Å². The molecule has 0 spiro atoms. The first kappa shape index (κ1) is 9.92. The monoisotopic (exact) mass is 223 g/mol. The van der Waals surface area contributed by atoms with Crippen molar-refractivity contribution in [3.63, 3.8) is 0 Å². The minimum absolute atomic E-state index is 0.447. The minimum Gasteiger partial charge on any atom is -0.396 e. The molecule has 15 heavy (non-hydrogen) atoms. The SMILES string of the molecule is Cc1nn(-c2ncncc2Cl)c(C)c1N. The lowest BCUT2D eigenvalue weighted by molar-refractivity contribution is 0.801. The van der Waals surface area contributed by atoms with Gasteiger partial charge in [-0.15, -0.1) is 0 Å². The molecule has 0 aromatic carbocycles. The van der Waals surface area contributed by atoms with Gasteiger partial charge in [-0.3, -0.25) is 0 Å². The van der Waals surface area contributed by atoms with Gasteiger partial charge < -0.3 is 5.73 Å². The van der Waals surface area contributed by atoms with Crippen molar-refractivity contribution in [2.24, 2.45) is 0 Å². The Labute approximate surface area is 91.9 Å². The molecule has 0 atom stereocenters. The Morgan fingerprint density at radius 2 is 2.13 bits per heavy atom. The van der Waals surface area contributed by atoms with Crippen molar-refractivity contribution >= 4 is 17.3 Å². The third-order valence-corrected chi connectivity index (χ3v) is 2.46. The molecule has 0 saturated heterocycles. The molecule has 2 N–H and O–H groups in total. The fourth-order valence-electron chi connectivity index (χ4n) is 1.32. The topological polar surface area (TPSA) is 69.6 Å². The molecule has 78 valence electrons. The van der Waals surface area contributed by atoms with Gasteiger partial charge in [-0.2, -0.15) is 5.10 Å². The maximum Gasteiger partial charge on any atom is 0.175 e. The summed E-state index contributed by atoms with van der Waals surface area (Å²) in [7, 11) is 0. The smallest absolute Gasteiger partial charge is 0.175 e. The molecule has 0 radical (unpaired) electrons. The van der Waals surface area contributed by atoms with E-state index in [0.29, 0.717) is 16.5 Å². The fourth-order valence-corrected chi connectivity index (χ4v) is 1.51. The Morgan fingerprint density at radius 3 is 2.67 bits per heavy atom. The van der Waals surface area contributed by atoms with Crippen LogP contribution in [0.25, 0.3) is 5.82 Å². The maximum absolute atomic E-state index is 5.97. The quantitative estimate of drug-likeness (QED) is 0.796. The van der Waals surface area contributed by atoms with E-state index in [2.05, 4.69) is 15.1 Å². The number of nitrogens with two attached hydrogens (primary N) is 1. The second-order valence-corrected chi connectivity index (χ2v) is 3.60. The molecule has 0 aliphatic carbocycles. The van der Waals surface area contributed by atoms with Crippen LogP contribution in [-0.4, -0.2) is 19.7 Å². The number of aryl methyl sites for hydroxylation is 1. The van der Waals surface area contributed by atoms with Crippen molar-refractivity contribution in [2.45, 2.75) is 13.8 Å². The van der Waals surface area contributed by atoms with Gasteiger partial charge in [-0.25, -0.2) is 14.6 Å². The number of nitrogen functional groups attached to an aromatic ring is 1. The molecule has 2 heterocycles. The molecule has 2 aromatic rings. The third-order valence-electron chi connectivity index (χ3n) is 2.20. The molecule has 6 heteroatoms. The Morgan fingerprint density at radius 1 is 1.40 bits per heavy atom. The highest BCUT2D eigenvalue weighted by Crippen LogP contribution is 2.22. The van der Waals surface area contributed by atoms with Crippen molar-refractivity contribution in [1.82, 2.24) is 19.7 Å². The highest BCUT2D eigenvalue weighted by molar-refractivity contribution is 6.32. The van der Waals surface area contributed by atoms with Gasteiger partial charge in [0.15, 0.2) is 5.82 Å². The lowest BCUT2D eigenvalue weighted by Gasteiger charge is -2.03. The largest absolute Gasteiger partial charge is 0.396 e. The van der Waals surface area contributed by atoms with Crippen molar-refractivity contribution in [2.75, 3.05) is 5.73 Å². The van der Waals surface area contributed by atoms with Crippen LogP contribution in [0.1, 0.15) is 11.4 Å². The fraction of sp³-hybridized carbons (Fsp3) is 0.222. The minimum atomic E-state index is 0.447. The van der Waals surface area contributed by atoms with Crippen LogP contribution >= 0.6 is 11.6 Å². The van der Waals surface area contributed by atoms with Crippen LogP contribution in [0.5, 0.6) is 0 Å². The van der Waals surface area contributed by atoms with Gasteiger partial charge in [-0.1, -0.05) is 11.6 Å². The molecule has 0 unspecified atom stereocenters. The molecule has 0 bridgehead atoms. The summed E-state index contributed by atoms with van der Waals surface area (Å²) in [5, 5.41) is 4.71. The first-order valence-electron chi connectivity index (χ1n) is 4.39. The van der Waals surface area contributed by atoms with Crippen LogP contribution in [0.4, 0.5) is 5.69 Å². The standard InChI is InChI=1S/C9H10ClN5/c1-5-8(11)6(2)15(14-5)9-7(10)3-12-4-13-9/h3-4H,11H2,1-2H3. The molecule has 0 saturated carbocycles. The molecule has 5 nitrogen and oxygen atoms in total. The molecular formula is C9H10ClN5. The number of hydrogen-bond acceptors (Lipinski definition) is 4. The number of rotatable bonds is 1. The summed E-state index contributed by atoms with van der Waals surface area (Å²) >= 11 is 5.97. The van der Waals surface area contributed by atoms with Gasteiger partial charge in [0, 0.05) is 0 Å². The summed E-state index contributed by atoms with van der Waals surface area (Å²) < 4.78 is 1.62. The summed E-state index contributed by atoms with van der Waals surface area (Å²) in [6.07, 6.45) is 2.95. The van der Waals surface area contributed by atoms with Crippen molar-refractivity contribution < 1.29 is 0 Å². The predicted octanol–water partition coefficient (Wildman–Crippen LogP) is 1.51. The van der Waals surface area contributed by atoms with Crippen LogP contribution in [-0.2, 0) is 0 Å².